The zero-order chi connectivity index (χ0) is 29.2. The molecule has 0 saturated carbocycles. The molecule has 1 fully saturated rings. The molecule has 0 atom stereocenters. The van der Waals surface area contributed by atoms with Crippen LogP contribution < -0.4 is 20.3 Å². The molecule has 0 aliphatic carbocycles. The van der Waals surface area contributed by atoms with E-state index in [0.717, 1.165) is 25.9 Å². The third-order valence-electron chi connectivity index (χ3n) is 7.63. The van der Waals surface area contributed by atoms with Crippen molar-refractivity contribution in [2.45, 2.75) is 31.7 Å². The molecule has 2 aliphatic rings. The first-order chi connectivity index (χ1) is 20.3. The number of hydrogen-bond acceptors (Lipinski definition) is 7. The highest BCUT2D eigenvalue weighted by atomic mass is 19.1. The number of likely N-dealkylation sites (tertiary alicyclic amines) is 1. The van der Waals surface area contributed by atoms with Gasteiger partial charge in [-0.25, -0.2) is 13.8 Å². The van der Waals surface area contributed by atoms with Crippen LogP contribution in [0.2, 0.25) is 0 Å². The van der Waals surface area contributed by atoms with Crippen LogP contribution in [0.5, 0.6) is 17.2 Å². The summed E-state index contributed by atoms with van der Waals surface area (Å²) in [5.41, 5.74) is 0.844. The summed E-state index contributed by atoms with van der Waals surface area (Å²) in [5, 5.41) is 3.42. The maximum absolute atomic E-state index is 15.1. The number of ketones is 1. The molecule has 4 aromatic rings. The number of carbonyl (C=O) groups is 1. The van der Waals surface area contributed by atoms with Gasteiger partial charge in [-0.15, -0.1) is 0 Å². The third-order valence-corrected chi connectivity index (χ3v) is 7.63. The maximum Gasteiger partial charge on any atom is 0.269 e. The van der Waals surface area contributed by atoms with Crippen molar-refractivity contribution in [2.75, 3.05) is 32.1 Å². The molecule has 2 aromatic heterocycles. The summed E-state index contributed by atoms with van der Waals surface area (Å²) in [4.78, 5) is 33.5. The Balaban J connectivity index is 1.18. The van der Waals surface area contributed by atoms with Gasteiger partial charge in [0.25, 0.3) is 5.56 Å². The standard InChI is InChI=1S/C32H30F2N4O4/c1-37-13-9-23(10-14-37)36-29-18-25(8-12-35-29)42-28-7-2-20(16-26(28)34)17-27(39)30-31-21(11-15-41-31)19-38(32(30)40)24-5-3-22(33)4-6-24/h2-8,12,16,18-19,23H,9-11,13-15,17H2,1H3,(H,35,36). The van der Waals surface area contributed by atoms with Gasteiger partial charge in [-0.05, 0) is 81.0 Å². The van der Waals surface area contributed by atoms with Crippen LogP contribution in [-0.2, 0) is 12.8 Å². The van der Waals surface area contributed by atoms with Gasteiger partial charge < -0.3 is 19.7 Å². The number of piperidine rings is 1. The van der Waals surface area contributed by atoms with E-state index in [1.807, 2.05) is 0 Å². The number of rotatable bonds is 8. The molecule has 2 aromatic carbocycles. The van der Waals surface area contributed by atoms with E-state index in [9.17, 15) is 14.0 Å². The van der Waals surface area contributed by atoms with Crippen LogP contribution in [0.25, 0.3) is 5.69 Å². The van der Waals surface area contributed by atoms with E-state index >= 15 is 4.39 Å². The summed E-state index contributed by atoms with van der Waals surface area (Å²) in [5.74, 6) is -0.219. The predicted molar refractivity (Wildman–Crippen MR) is 154 cm³/mol. The summed E-state index contributed by atoms with van der Waals surface area (Å²) in [6.45, 7) is 2.36. The second-order valence-electron chi connectivity index (χ2n) is 10.7. The fraction of sp³-hybridized carbons (Fsp3) is 0.281. The molecule has 10 heteroatoms. The minimum atomic E-state index is -0.639. The molecule has 8 nitrogen and oxygen atoms in total. The molecule has 0 radical (unpaired) electrons. The van der Waals surface area contributed by atoms with E-state index in [1.165, 1.54) is 41.0 Å². The number of benzene rings is 2. The van der Waals surface area contributed by atoms with Gasteiger partial charge in [-0.3, -0.25) is 14.2 Å². The summed E-state index contributed by atoms with van der Waals surface area (Å²) < 4.78 is 41.4. The van der Waals surface area contributed by atoms with Crippen LogP contribution in [0.1, 0.15) is 34.3 Å². The minimum Gasteiger partial charge on any atom is -0.492 e. The first-order valence-electron chi connectivity index (χ1n) is 13.9. The van der Waals surface area contributed by atoms with E-state index in [4.69, 9.17) is 9.47 Å². The summed E-state index contributed by atoms with van der Waals surface area (Å²) in [6, 6.07) is 13.4. The molecule has 6 rings (SSSR count). The average Bonchev–Trinajstić information content (AvgIpc) is 3.44. The number of fused-ring (bicyclic) bond motifs is 1. The molecule has 0 amide bonds. The molecule has 0 bridgehead atoms. The van der Waals surface area contributed by atoms with Gasteiger partial charge in [0.2, 0.25) is 0 Å². The van der Waals surface area contributed by atoms with E-state index in [1.54, 1.807) is 30.6 Å². The SMILES string of the molecule is CN1CCC(Nc2cc(Oc3ccc(CC(=O)c4c5c(cn(-c6ccc(F)cc6)c4=O)CCO5)cc3F)ccn2)CC1. The van der Waals surface area contributed by atoms with Crippen LogP contribution in [0, 0.1) is 11.6 Å². The fourth-order valence-corrected chi connectivity index (χ4v) is 5.35. The number of pyridine rings is 2. The quantitative estimate of drug-likeness (QED) is 0.292. The summed E-state index contributed by atoms with van der Waals surface area (Å²) in [6.07, 6.45) is 5.56. The number of hydrogen-bond donors (Lipinski definition) is 1. The lowest BCUT2D eigenvalue weighted by atomic mass is 10.0. The number of anilines is 1. The Kier molecular flexibility index (Phi) is 7.71. The van der Waals surface area contributed by atoms with Crippen molar-refractivity contribution >= 4 is 11.6 Å². The Morgan fingerprint density at radius 1 is 1.10 bits per heavy atom. The number of halogens is 2. The van der Waals surface area contributed by atoms with Crippen molar-refractivity contribution in [1.82, 2.24) is 14.5 Å². The zero-order valence-electron chi connectivity index (χ0n) is 23.1. The second kappa shape index (κ2) is 11.7. The lowest BCUT2D eigenvalue weighted by Gasteiger charge is -2.29. The van der Waals surface area contributed by atoms with Crippen molar-refractivity contribution in [3.05, 3.63) is 106 Å². The van der Waals surface area contributed by atoms with Crippen LogP contribution in [0.4, 0.5) is 14.6 Å². The molecular formula is C32H30F2N4O4. The Labute approximate surface area is 241 Å². The Morgan fingerprint density at radius 2 is 1.88 bits per heavy atom. The van der Waals surface area contributed by atoms with Crippen molar-refractivity contribution < 1.29 is 23.0 Å². The number of nitrogens with zero attached hydrogens (tertiary/aromatic N) is 3. The number of Topliss-reactive ketones (excluding diaryl/α,β-unsaturated/α-hetero) is 1. The van der Waals surface area contributed by atoms with Gasteiger partial charge in [0.15, 0.2) is 17.3 Å². The highest BCUT2D eigenvalue weighted by Crippen LogP contribution is 2.31. The van der Waals surface area contributed by atoms with Crippen molar-refractivity contribution in [3.63, 3.8) is 0 Å². The van der Waals surface area contributed by atoms with Crippen molar-refractivity contribution in [3.8, 4) is 22.9 Å². The molecule has 42 heavy (non-hydrogen) atoms. The van der Waals surface area contributed by atoms with Gasteiger partial charge in [-0.2, -0.15) is 0 Å². The molecule has 2 aliphatic heterocycles. The molecule has 1 saturated heterocycles. The van der Waals surface area contributed by atoms with Gasteiger partial charge in [0.05, 0.1) is 6.61 Å². The van der Waals surface area contributed by atoms with E-state index in [0.29, 0.717) is 47.5 Å². The molecule has 4 heterocycles. The average molecular weight is 573 g/mol. The third kappa shape index (κ3) is 5.89. The largest absolute Gasteiger partial charge is 0.492 e. The van der Waals surface area contributed by atoms with E-state index in [2.05, 4.69) is 22.2 Å². The molecule has 0 spiro atoms. The number of ether oxygens (including phenoxy) is 2. The topological polar surface area (TPSA) is 85.7 Å². The number of nitrogens with one attached hydrogen (secondary N) is 1. The van der Waals surface area contributed by atoms with Gasteiger partial charge in [-0.1, -0.05) is 6.07 Å². The van der Waals surface area contributed by atoms with Gasteiger partial charge in [0.1, 0.15) is 28.7 Å². The summed E-state index contributed by atoms with van der Waals surface area (Å²) >= 11 is 0. The lowest BCUT2D eigenvalue weighted by Crippen LogP contribution is -2.36. The Morgan fingerprint density at radius 3 is 2.64 bits per heavy atom. The van der Waals surface area contributed by atoms with Crippen molar-refractivity contribution in [2.24, 2.45) is 0 Å². The molecule has 0 unspecified atom stereocenters. The second-order valence-corrected chi connectivity index (χ2v) is 10.7. The van der Waals surface area contributed by atoms with Crippen LogP contribution in [-0.4, -0.2) is 53.0 Å². The van der Waals surface area contributed by atoms with Crippen LogP contribution in [0.15, 0.2) is 71.8 Å². The maximum atomic E-state index is 15.1. The Bertz CT molecular complexity index is 1680. The summed E-state index contributed by atoms with van der Waals surface area (Å²) in [7, 11) is 2.10. The first kappa shape index (κ1) is 27.6. The van der Waals surface area contributed by atoms with Gasteiger partial charge >= 0.3 is 0 Å². The lowest BCUT2D eigenvalue weighted by molar-refractivity contribution is 0.0988. The smallest absolute Gasteiger partial charge is 0.269 e. The van der Waals surface area contributed by atoms with Crippen LogP contribution in [0.3, 0.4) is 0 Å². The first-order valence-corrected chi connectivity index (χ1v) is 13.9. The number of carbonyl (C=O) groups excluding carboxylic acids is 1. The zero-order valence-corrected chi connectivity index (χ0v) is 23.1. The van der Waals surface area contributed by atoms with Crippen molar-refractivity contribution in [1.29, 1.82) is 0 Å². The molecular weight excluding hydrogens is 542 g/mol. The fourth-order valence-electron chi connectivity index (χ4n) is 5.35. The Hall–Kier alpha value is -4.57. The minimum absolute atomic E-state index is 0.00485. The monoisotopic (exact) mass is 572 g/mol. The normalized spacial score (nSPS) is 15.2. The highest BCUT2D eigenvalue weighted by molar-refractivity contribution is 6.00. The van der Waals surface area contributed by atoms with Crippen LogP contribution >= 0.6 is 0 Å². The predicted octanol–water partition coefficient (Wildman–Crippen LogP) is 5.17. The van der Waals surface area contributed by atoms with E-state index in [-0.39, 0.29) is 23.5 Å². The molecule has 1 N–H and O–H groups in total. The number of aromatic nitrogens is 2. The van der Waals surface area contributed by atoms with Gasteiger partial charge in [0, 0.05) is 48.6 Å². The van der Waals surface area contributed by atoms with E-state index < -0.39 is 23.0 Å². The molecule has 216 valence electrons. The highest BCUT2D eigenvalue weighted by Gasteiger charge is 2.27.